The van der Waals surface area contributed by atoms with Crippen molar-refractivity contribution in [3.05, 3.63) is 34.4 Å². The van der Waals surface area contributed by atoms with E-state index in [0.717, 1.165) is 12.8 Å². The summed E-state index contributed by atoms with van der Waals surface area (Å²) in [6.07, 6.45) is 6.25. The zero-order chi connectivity index (χ0) is 15.5. The minimum atomic E-state index is -0.530. The minimum Gasteiger partial charge on any atom is -0.449 e. The maximum atomic E-state index is 11.5. The van der Waals surface area contributed by atoms with E-state index in [1.54, 1.807) is 0 Å². The second-order valence-corrected chi connectivity index (χ2v) is 4.83. The number of ether oxygens (including phenoxy) is 1. The molecule has 0 fully saturated rings. The molecule has 0 bridgehead atoms. The molecule has 0 aliphatic heterocycles. The van der Waals surface area contributed by atoms with Crippen molar-refractivity contribution in [1.29, 1.82) is 0 Å². The third-order valence-corrected chi connectivity index (χ3v) is 3.06. The molecular weight excluding hydrogens is 272 g/mol. The zero-order valence-corrected chi connectivity index (χ0v) is 12.3. The van der Waals surface area contributed by atoms with Crippen LogP contribution in [0.5, 0.6) is 0 Å². The van der Waals surface area contributed by atoms with Gasteiger partial charge in [0.1, 0.15) is 0 Å². The molecule has 0 spiro atoms. The maximum Gasteiger partial charge on any atom is 0.411 e. The molecule has 0 aliphatic rings. The number of carbonyl (C=O) groups excluding carboxylic acids is 1. The van der Waals surface area contributed by atoms with Crippen molar-refractivity contribution in [3.63, 3.8) is 0 Å². The second kappa shape index (κ2) is 9.74. The summed E-state index contributed by atoms with van der Waals surface area (Å²) in [5.74, 6) is 0. The summed E-state index contributed by atoms with van der Waals surface area (Å²) in [5, 5.41) is 13.0. The van der Waals surface area contributed by atoms with E-state index in [1.165, 1.54) is 49.9 Å². The van der Waals surface area contributed by atoms with Crippen LogP contribution in [0.25, 0.3) is 0 Å². The van der Waals surface area contributed by atoms with Gasteiger partial charge in [-0.1, -0.05) is 39.0 Å². The largest absolute Gasteiger partial charge is 0.449 e. The van der Waals surface area contributed by atoms with Crippen molar-refractivity contribution in [2.24, 2.45) is 0 Å². The van der Waals surface area contributed by atoms with Gasteiger partial charge in [0.05, 0.1) is 11.5 Å². The molecule has 0 aromatic heterocycles. The number of unbranched alkanes of at least 4 members (excludes halogenated alkanes) is 5. The highest BCUT2D eigenvalue weighted by atomic mass is 16.6. The lowest BCUT2D eigenvalue weighted by Gasteiger charge is -2.06. The monoisotopic (exact) mass is 294 g/mol. The van der Waals surface area contributed by atoms with Crippen LogP contribution in [0.3, 0.4) is 0 Å². The Morgan fingerprint density at radius 1 is 1.14 bits per heavy atom. The van der Waals surface area contributed by atoms with Gasteiger partial charge in [-0.05, 0) is 18.6 Å². The van der Waals surface area contributed by atoms with Crippen LogP contribution < -0.4 is 5.32 Å². The Balaban J connectivity index is 2.17. The lowest BCUT2D eigenvalue weighted by molar-refractivity contribution is -0.384. The zero-order valence-electron chi connectivity index (χ0n) is 12.3. The Hall–Kier alpha value is -2.11. The number of benzene rings is 1. The molecule has 1 aromatic rings. The van der Waals surface area contributed by atoms with Crippen LogP contribution in [-0.2, 0) is 4.74 Å². The number of nitrogens with zero attached hydrogens (tertiary/aromatic N) is 1. The number of rotatable bonds is 9. The Morgan fingerprint density at radius 2 is 1.76 bits per heavy atom. The molecule has 1 aromatic carbocycles. The number of hydrogen-bond donors (Lipinski definition) is 1. The lowest BCUT2D eigenvalue weighted by atomic mass is 10.1. The number of nitro groups is 1. The van der Waals surface area contributed by atoms with E-state index in [-0.39, 0.29) is 5.69 Å². The van der Waals surface area contributed by atoms with Crippen LogP contribution in [-0.4, -0.2) is 17.6 Å². The fourth-order valence-corrected chi connectivity index (χ4v) is 1.87. The summed E-state index contributed by atoms with van der Waals surface area (Å²) in [7, 11) is 0. The van der Waals surface area contributed by atoms with Gasteiger partial charge in [-0.15, -0.1) is 0 Å². The van der Waals surface area contributed by atoms with Crippen molar-refractivity contribution in [2.75, 3.05) is 11.9 Å². The summed E-state index contributed by atoms with van der Waals surface area (Å²) in [5.41, 5.74) is 0.467. The molecule has 1 rings (SSSR count). The molecule has 0 saturated heterocycles. The number of nitrogens with one attached hydrogen (secondary N) is 1. The molecule has 0 saturated carbocycles. The first kappa shape index (κ1) is 16.9. The fourth-order valence-electron chi connectivity index (χ4n) is 1.87. The SMILES string of the molecule is CCCCCCCCOC(=O)Nc1ccc([N+](=O)[O-])cc1. The van der Waals surface area contributed by atoms with Crippen molar-refractivity contribution in [1.82, 2.24) is 0 Å². The van der Waals surface area contributed by atoms with Gasteiger partial charge in [0.2, 0.25) is 0 Å². The predicted molar refractivity (Wildman–Crippen MR) is 81.4 cm³/mol. The second-order valence-electron chi connectivity index (χ2n) is 4.83. The van der Waals surface area contributed by atoms with Gasteiger partial charge >= 0.3 is 6.09 Å². The summed E-state index contributed by atoms with van der Waals surface area (Å²) in [6, 6.07) is 5.63. The maximum absolute atomic E-state index is 11.5. The third kappa shape index (κ3) is 7.29. The normalized spacial score (nSPS) is 10.1. The van der Waals surface area contributed by atoms with Crippen LogP contribution >= 0.6 is 0 Å². The molecule has 116 valence electrons. The first-order valence-corrected chi connectivity index (χ1v) is 7.31. The van der Waals surface area contributed by atoms with E-state index in [4.69, 9.17) is 4.74 Å². The molecule has 0 heterocycles. The predicted octanol–water partition coefficient (Wildman–Crippen LogP) is 4.50. The van der Waals surface area contributed by atoms with Crippen molar-refractivity contribution < 1.29 is 14.5 Å². The van der Waals surface area contributed by atoms with E-state index in [1.807, 2.05) is 0 Å². The van der Waals surface area contributed by atoms with Crippen LogP contribution in [0, 0.1) is 10.1 Å². The van der Waals surface area contributed by atoms with E-state index < -0.39 is 11.0 Å². The summed E-state index contributed by atoms with van der Waals surface area (Å²) < 4.78 is 5.05. The molecule has 6 heteroatoms. The standard InChI is InChI=1S/C15H22N2O4/c1-2-3-4-5-6-7-12-21-15(18)16-13-8-10-14(11-9-13)17(19)20/h8-11H,2-7,12H2,1H3,(H,16,18). The van der Waals surface area contributed by atoms with Crippen LogP contribution in [0.2, 0.25) is 0 Å². The molecule has 6 nitrogen and oxygen atoms in total. The minimum absolute atomic E-state index is 0.0130. The number of amides is 1. The highest BCUT2D eigenvalue weighted by molar-refractivity contribution is 5.84. The van der Waals surface area contributed by atoms with Gasteiger partial charge in [0.15, 0.2) is 0 Å². The van der Waals surface area contributed by atoms with Gasteiger partial charge < -0.3 is 4.74 Å². The molecule has 0 atom stereocenters. The smallest absolute Gasteiger partial charge is 0.411 e. The molecule has 1 amide bonds. The van der Waals surface area contributed by atoms with E-state index >= 15 is 0 Å². The Bertz CT molecular complexity index is 445. The fraction of sp³-hybridized carbons (Fsp3) is 0.533. The number of anilines is 1. The first-order chi connectivity index (χ1) is 10.1. The summed E-state index contributed by atoms with van der Waals surface area (Å²) in [6.45, 7) is 2.57. The van der Waals surface area contributed by atoms with E-state index in [9.17, 15) is 14.9 Å². The number of carbonyl (C=O) groups is 1. The molecular formula is C15H22N2O4. The highest BCUT2D eigenvalue weighted by Gasteiger charge is 2.06. The van der Waals surface area contributed by atoms with Crippen molar-refractivity contribution in [3.8, 4) is 0 Å². The van der Waals surface area contributed by atoms with Gasteiger partial charge in [0.25, 0.3) is 5.69 Å². The third-order valence-electron chi connectivity index (χ3n) is 3.06. The van der Waals surface area contributed by atoms with Gasteiger partial charge in [-0.25, -0.2) is 4.79 Å². The Morgan fingerprint density at radius 3 is 2.38 bits per heavy atom. The highest BCUT2D eigenvalue weighted by Crippen LogP contribution is 2.15. The van der Waals surface area contributed by atoms with Crippen molar-refractivity contribution in [2.45, 2.75) is 45.4 Å². The summed E-state index contributed by atoms with van der Waals surface area (Å²) in [4.78, 5) is 21.5. The van der Waals surface area contributed by atoms with Gasteiger partial charge in [-0.3, -0.25) is 15.4 Å². The van der Waals surface area contributed by atoms with E-state index in [2.05, 4.69) is 12.2 Å². The number of hydrogen-bond acceptors (Lipinski definition) is 4. The lowest BCUT2D eigenvalue weighted by Crippen LogP contribution is -2.14. The van der Waals surface area contributed by atoms with Crippen molar-refractivity contribution >= 4 is 17.5 Å². The molecule has 21 heavy (non-hydrogen) atoms. The van der Waals surface area contributed by atoms with Crippen LogP contribution in [0.15, 0.2) is 24.3 Å². The quantitative estimate of drug-likeness (QED) is 0.413. The average molecular weight is 294 g/mol. The van der Waals surface area contributed by atoms with Gasteiger partial charge in [0, 0.05) is 17.8 Å². The van der Waals surface area contributed by atoms with Crippen LogP contribution in [0.1, 0.15) is 45.4 Å². The Kier molecular flexibility index (Phi) is 7.86. The topological polar surface area (TPSA) is 81.5 Å². The summed E-state index contributed by atoms with van der Waals surface area (Å²) >= 11 is 0. The number of non-ortho nitro benzene ring substituents is 1. The molecule has 1 N–H and O–H groups in total. The van der Waals surface area contributed by atoms with Gasteiger partial charge in [-0.2, -0.15) is 0 Å². The van der Waals surface area contributed by atoms with Crippen LogP contribution in [0.4, 0.5) is 16.2 Å². The molecule has 0 radical (unpaired) electrons. The number of nitro benzene ring substituents is 1. The van der Waals surface area contributed by atoms with E-state index in [0.29, 0.717) is 12.3 Å². The molecule has 0 aliphatic carbocycles. The average Bonchev–Trinajstić information content (AvgIpc) is 2.47. The molecule has 0 unspecified atom stereocenters. The first-order valence-electron chi connectivity index (χ1n) is 7.31. The Labute approximate surface area is 124 Å².